The van der Waals surface area contributed by atoms with Crippen LogP contribution in [0.15, 0.2) is 47.4 Å². The molecule has 2 aromatic carbocycles. The predicted molar refractivity (Wildman–Crippen MR) is 114 cm³/mol. The molecular weight excluding hydrogens is 447 g/mol. The lowest BCUT2D eigenvalue weighted by atomic mass is 10.2. The molecule has 1 aliphatic rings. The van der Waals surface area contributed by atoms with Gasteiger partial charge in [-0.25, -0.2) is 8.42 Å². The first-order valence-electron chi connectivity index (χ1n) is 10.1. The first-order valence-corrected chi connectivity index (χ1v) is 11.5. The molecule has 0 aromatic heterocycles. The van der Waals surface area contributed by atoms with Crippen molar-refractivity contribution in [2.75, 3.05) is 30.3 Å². The first kappa shape index (κ1) is 23.9. The van der Waals surface area contributed by atoms with Gasteiger partial charge in [-0.1, -0.05) is 24.6 Å². The van der Waals surface area contributed by atoms with E-state index >= 15 is 0 Å². The molecule has 7 nitrogen and oxygen atoms in total. The average Bonchev–Trinajstić information content (AvgIpc) is 2.74. The number of carbonyl (C=O) groups excluding carboxylic acids is 1. The van der Waals surface area contributed by atoms with E-state index in [0.717, 1.165) is 25.3 Å². The maximum absolute atomic E-state index is 12.9. The summed E-state index contributed by atoms with van der Waals surface area (Å²) in [5.74, 6) is -1.01. The number of piperidine rings is 1. The number of carbonyl (C=O) groups is 1. The smallest absolute Gasteiger partial charge is 0.404 e. The van der Waals surface area contributed by atoms with Crippen LogP contribution in [-0.2, 0) is 14.8 Å². The lowest BCUT2D eigenvalue weighted by Gasteiger charge is -2.26. The molecule has 1 saturated heterocycles. The normalized spacial score (nSPS) is 15.2. The number of benzene rings is 2. The van der Waals surface area contributed by atoms with Crippen LogP contribution in [0.25, 0.3) is 0 Å². The van der Waals surface area contributed by atoms with E-state index in [1.54, 1.807) is 13.0 Å². The maximum atomic E-state index is 12.9. The Morgan fingerprint density at radius 1 is 1.06 bits per heavy atom. The van der Waals surface area contributed by atoms with E-state index < -0.39 is 28.0 Å². The monoisotopic (exact) mass is 471 g/mol. The molecule has 0 bridgehead atoms. The number of ether oxygens (including phenoxy) is 1. The molecule has 1 fully saturated rings. The number of amides is 1. The summed E-state index contributed by atoms with van der Waals surface area (Å²) in [5, 5.41) is 5.22. The Morgan fingerprint density at radius 3 is 2.44 bits per heavy atom. The summed E-state index contributed by atoms with van der Waals surface area (Å²) in [4.78, 5) is 12.5. The summed E-state index contributed by atoms with van der Waals surface area (Å²) in [6.45, 7) is 2.29. The number of nitrogens with one attached hydrogen (secondary N) is 2. The van der Waals surface area contributed by atoms with Gasteiger partial charge in [-0.2, -0.15) is 4.31 Å². The standard InChI is InChI=1S/C21H24F3N3O4S/c1-15-9-10-16(32(29,30)27-11-5-2-6-12-27)13-18(15)26-20(28)14-25-17-7-3-4-8-19(17)31-21(22,23)24/h3-4,7-10,13,25H,2,5-6,11-12,14H2,1H3,(H,26,28). The summed E-state index contributed by atoms with van der Waals surface area (Å²) in [7, 11) is -3.67. The van der Waals surface area contributed by atoms with E-state index in [-0.39, 0.29) is 17.1 Å². The zero-order valence-corrected chi connectivity index (χ0v) is 18.2. The molecular formula is C21H24F3N3O4S. The van der Waals surface area contributed by atoms with Crippen LogP contribution in [0, 0.1) is 6.92 Å². The molecule has 0 atom stereocenters. The van der Waals surface area contributed by atoms with E-state index in [2.05, 4.69) is 15.4 Å². The van der Waals surface area contributed by atoms with Crippen LogP contribution in [0.3, 0.4) is 0 Å². The number of alkyl halides is 3. The van der Waals surface area contributed by atoms with Gasteiger partial charge in [-0.15, -0.1) is 13.2 Å². The van der Waals surface area contributed by atoms with Crippen molar-refractivity contribution in [3.05, 3.63) is 48.0 Å². The third kappa shape index (κ3) is 6.13. The Hall–Kier alpha value is -2.79. The summed E-state index contributed by atoms with van der Waals surface area (Å²) >= 11 is 0. The number of hydrogen-bond donors (Lipinski definition) is 2. The van der Waals surface area contributed by atoms with Gasteiger partial charge in [-0.05, 0) is 49.6 Å². The van der Waals surface area contributed by atoms with E-state index in [0.29, 0.717) is 24.3 Å². The Morgan fingerprint density at radius 2 is 1.75 bits per heavy atom. The Kier molecular flexibility index (Phi) is 7.29. The van der Waals surface area contributed by atoms with Crippen molar-refractivity contribution in [3.8, 4) is 5.75 Å². The number of hydrogen-bond acceptors (Lipinski definition) is 5. The SMILES string of the molecule is Cc1ccc(S(=O)(=O)N2CCCCC2)cc1NC(=O)CNc1ccccc1OC(F)(F)F. The minimum atomic E-state index is -4.86. The highest BCUT2D eigenvalue weighted by molar-refractivity contribution is 7.89. The van der Waals surface area contributed by atoms with Gasteiger partial charge in [0, 0.05) is 18.8 Å². The van der Waals surface area contributed by atoms with Gasteiger partial charge in [0.1, 0.15) is 0 Å². The predicted octanol–water partition coefficient (Wildman–Crippen LogP) is 4.12. The van der Waals surface area contributed by atoms with Crippen LogP contribution in [0.1, 0.15) is 24.8 Å². The Balaban J connectivity index is 1.69. The number of anilines is 2. The molecule has 1 aliphatic heterocycles. The fourth-order valence-electron chi connectivity index (χ4n) is 3.35. The van der Waals surface area contributed by atoms with Crippen molar-refractivity contribution in [3.63, 3.8) is 0 Å². The lowest BCUT2D eigenvalue weighted by Crippen LogP contribution is -2.35. The van der Waals surface area contributed by atoms with Crippen LogP contribution in [0.5, 0.6) is 5.75 Å². The lowest BCUT2D eigenvalue weighted by molar-refractivity contribution is -0.274. The number of halogens is 3. The molecule has 11 heteroatoms. The number of rotatable bonds is 7. The fraction of sp³-hybridized carbons (Fsp3) is 0.381. The largest absolute Gasteiger partial charge is 0.573 e. The minimum Gasteiger partial charge on any atom is -0.404 e. The molecule has 32 heavy (non-hydrogen) atoms. The van der Waals surface area contributed by atoms with E-state index in [1.807, 2.05) is 0 Å². The molecule has 2 aromatic rings. The summed E-state index contributed by atoms with van der Waals surface area (Å²) in [6.07, 6.45) is -2.26. The number of sulfonamides is 1. The summed E-state index contributed by atoms with van der Waals surface area (Å²) in [6, 6.07) is 9.87. The maximum Gasteiger partial charge on any atom is 0.573 e. The number of aryl methyl sites for hydroxylation is 1. The molecule has 1 heterocycles. The third-order valence-electron chi connectivity index (χ3n) is 4.99. The van der Waals surface area contributed by atoms with E-state index in [9.17, 15) is 26.4 Å². The number of nitrogens with zero attached hydrogens (tertiary/aromatic N) is 1. The van der Waals surface area contributed by atoms with Gasteiger partial charge >= 0.3 is 6.36 Å². The molecule has 1 amide bonds. The van der Waals surface area contributed by atoms with Crippen LogP contribution < -0.4 is 15.4 Å². The van der Waals surface area contributed by atoms with Crippen molar-refractivity contribution in [1.82, 2.24) is 4.31 Å². The van der Waals surface area contributed by atoms with Gasteiger partial charge in [0.05, 0.1) is 17.1 Å². The molecule has 0 spiro atoms. The van der Waals surface area contributed by atoms with E-state index in [4.69, 9.17) is 0 Å². The second-order valence-corrected chi connectivity index (χ2v) is 9.33. The second-order valence-electron chi connectivity index (χ2n) is 7.39. The van der Waals surface area contributed by atoms with Crippen molar-refractivity contribution < 1.29 is 31.1 Å². The molecule has 2 N–H and O–H groups in total. The average molecular weight is 472 g/mol. The second kappa shape index (κ2) is 9.78. The molecule has 3 rings (SSSR count). The zero-order chi connectivity index (χ0) is 23.4. The van der Waals surface area contributed by atoms with Gasteiger partial charge in [-0.3, -0.25) is 4.79 Å². The fourth-order valence-corrected chi connectivity index (χ4v) is 4.89. The molecule has 0 saturated carbocycles. The third-order valence-corrected chi connectivity index (χ3v) is 6.88. The van der Waals surface area contributed by atoms with Crippen LogP contribution in [0.2, 0.25) is 0 Å². The van der Waals surface area contributed by atoms with Crippen molar-refractivity contribution in [1.29, 1.82) is 0 Å². The Labute approximate surface area is 184 Å². The summed E-state index contributed by atoms with van der Waals surface area (Å²) in [5.41, 5.74) is 0.963. The molecule has 0 aliphatic carbocycles. The van der Waals surface area contributed by atoms with Gasteiger partial charge in [0.2, 0.25) is 15.9 Å². The molecule has 174 valence electrons. The van der Waals surface area contributed by atoms with Crippen LogP contribution in [0.4, 0.5) is 24.5 Å². The minimum absolute atomic E-state index is 0.00174. The van der Waals surface area contributed by atoms with Gasteiger partial charge in [0.25, 0.3) is 0 Å². The van der Waals surface area contributed by atoms with Crippen LogP contribution in [-0.4, -0.2) is 44.6 Å². The van der Waals surface area contributed by atoms with Crippen molar-refractivity contribution in [2.45, 2.75) is 37.4 Å². The zero-order valence-electron chi connectivity index (χ0n) is 17.4. The number of para-hydroxylation sites is 2. The molecule has 0 unspecified atom stereocenters. The highest BCUT2D eigenvalue weighted by Crippen LogP contribution is 2.30. The van der Waals surface area contributed by atoms with Crippen molar-refractivity contribution in [2.24, 2.45) is 0 Å². The molecule has 0 radical (unpaired) electrons. The van der Waals surface area contributed by atoms with Crippen LogP contribution >= 0.6 is 0 Å². The van der Waals surface area contributed by atoms with Gasteiger partial charge in [0.15, 0.2) is 5.75 Å². The Bertz CT molecular complexity index is 1070. The van der Waals surface area contributed by atoms with E-state index in [1.165, 1.54) is 34.6 Å². The van der Waals surface area contributed by atoms with Gasteiger partial charge < -0.3 is 15.4 Å². The highest BCUT2D eigenvalue weighted by atomic mass is 32.2. The first-order chi connectivity index (χ1) is 15.1. The highest BCUT2D eigenvalue weighted by Gasteiger charge is 2.32. The van der Waals surface area contributed by atoms with Crippen molar-refractivity contribution >= 4 is 27.3 Å². The topological polar surface area (TPSA) is 87.7 Å². The quantitative estimate of drug-likeness (QED) is 0.634. The summed E-state index contributed by atoms with van der Waals surface area (Å²) < 4.78 is 68.8.